The molecule has 0 radical (unpaired) electrons. The van der Waals surface area contributed by atoms with Gasteiger partial charge in [0.15, 0.2) is 0 Å². The van der Waals surface area contributed by atoms with Gasteiger partial charge in [-0.05, 0) is 31.4 Å². The monoisotopic (exact) mass is 455 g/mol. The average molecular weight is 456 g/mol. The minimum atomic E-state index is -0.852. The Kier molecular flexibility index (Phi) is 7.53. The molecule has 1 aliphatic rings. The molecule has 1 fully saturated rings. The van der Waals surface area contributed by atoms with Crippen LogP contribution in [0.5, 0.6) is 5.88 Å². The summed E-state index contributed by atoms with van der Waals surface area (Å²) in [5, 5.41) is 17.3. The number of hydrogen-bond donors (Lipinski definition) is 1. The highest BCUT2D eigenvalue weighted by Gasteiger charge is 2.43. The van der Waals surface area contributed by atoms with E-state index in [1.807, 2.05) is 0 Å². The summed E-state index contributed by atoms with van der Waals surface area (Å²) in [5.41, 5.74) is 1.68. The molecule has 10 heteroatoms. The number of aryl methyl sites for hydroxylation is 1. The molecule has 0 atom stereocenters. The lowest BCUT2D eigenvalue weighted by Gasteiger charge is -2.16. The minimum Gasteiger partial charge on any atom is -0.481 e. The zero-order valence-corrected chi connectivity index (χ0v) is 19.4. The molecule has 1 amide bonds. The highest BCUT2D eigenvalue weighted by atomic mass is 16.6. The van der Waals surface area contributed by atoms with Gasteiger partial charge in [0.1, 0.15) is 18.0 Å². The number of carboxylic acid groups (broad SMARTS) is 1. The quantitative estimate of drug-likeness (QED) is 0.573. The van der Waals surface area contributed by atoms with E-state index < -0.39 is 17.5 Å². The fourth-order valence-electron chi connectivity index (χ4n) is 3.27. The second-order valence-electron chi connectivity index (χ2n) is 8.19. The van der Waals surface area contributed by atoms with Gasteiger partial charge in [-0.3, -0.25) is 4.79 Å². The molecule has 10 nitrogen and oxygen atoms in total. The zero-order valence-electron chi connectivity index (χ0n) is 19.4. The molecular formula is C23H29N5O5. The summed E-state index contributed by atoms with van der Waals surface area (Å²) in [4.78, 5) is 29.3. The van der Waals surface area contributed by atoms with E-state index >= 15 is 0 Å². The maximum atomic E-state index is 12.2. The number of methoxy groups -OCH3 is 1. The number of nitrogens with zero attached hydrogens (tertiary/aromatic N) is 5. The topological polar surface area (TPSA) is 120 Å². The fourth-order valence-corrected chi connectivity index (χ4v) is 3.27. The molecule has 1 N–H and O–H groups in total. The number of aromatic nitrogens is 4. The minimum absolute atomic E-state index is 0.00259. The third-order valence-electron chi connectivity index (χ3n) is 5.54. The number of aliphatic carboxylic acids is 1. The van der Waals surface area contributed by atoms with Crippen LogP contribution in [0.3, 0.4) is 0 Å². The second kappa shape index (κ2) is 10.3. The van der Waals surface area contributed by atoms with Gasteiger partial charge in [-0.15, -0.1) is 5.10 Å². The molecule has 0 aliphatic heterocycles. The summed E-state index contributed by atoms with van der Waals surface area (Å²) >= 11 is 0. The Labute approximate surface area is 192 Å². The number of amides is 1. The van der Waals surface area contributed by atoms with Gasteiger partial charge in [0.05, 0.1) is 24.8 Å². The van der Waals surface area contributed by atoms with Gasteiger partial charge in [-0.25, -0.2) is 14.5 Å². The molecule has 176 valence electrons. The van der Waals surface area contributed by atoms with E-state index in [9.17, 15) is 9.59 Å². The van der Waals surface area contributed by atoms with E-state index in [2.05, 4.69) is 34.1 Å². The third-order valence-corrected chi connectivity index (χ3v) is 5.54. The maximum absolute atomic E-state index is 12.2. The molecule has 0 saturated heterocycles. The van der Waals surface area contributed by atoms with E-state index in [4.69, 9.17) is 14.6 Å². The van der Waals surface area contributed by atoms with Crippen molar-refractivity contribution >= 4 is 12.1 Å². The van der Waals surface area contributed by atoms with Crippen LogP contribution in [0.4, 0.5) is 4.79 Å². The molecule has 0 bridgehead atoms. The number of rotatable bonds is 9. The maximum Gasteiger partial charge on any atom is 0.409 e. The van der Waals surface area contributed by atoms with Crippen LogP contribution in [-0.2, 0) is 23.2 Å². The number of carbonyl (C=O) groups excluding carboxylic acids is 1. The molecule has 3 rings (SSSR count). The molecule has 0 aromatic carbocycles. The lowest BCUT2D eigenvalue weighted by Crippen LogP contribution is -2.28. The van der Waals surface area contributed by atoms with Gasteiger partial charge in [0, 0.05) is 26.1 Å². The van der Waals surface area contributed by atoms with Crippen molar-refractivity contribution in [1.29, 1.82) is 0 Å². The summed E-state index contributed by atoms with van der Waals surface area (Å²) in [6.45, 7) is 2.68. The van der Waals surface area contributed by atoms with Crippen molar-refractivity contribution in [3.05, 3.63) is 23.4 Å². The lowest BCUT2D eigenvalue weighted by atomic mass is 10.0. The van der Waals surface area contributed by atoms with Gasteiger partial charge >= 0.3 is 12.1 Å². The normalized spacial score (nSPS) is 13.6. The molecule has 1 saturated carbocycles. The average Bonchev–Trinajstić information content (AvgIpc) is 3.45. The summed E-state index contributed by atoms with van der Waals surface area (Å²) < 4.78 is 12.4. The van der Waals surface area contributed by atoms with Gasteiger partial charge in [0.25, 0.3) is 0 Å². The number of carboxylic acids is 1. The van der Waals surface area contributed by atoms with Crippen molar-refractivity contribution in [3.8, 4) is 29.1 Å². The van der Waals surface area contributed by atoms with Crippen LogP contribution in [0, 0.1) is 17.3 Å². The van der Waals surface area contributed by atoms with Gasteiger partial charge < -0.3 is 19.5 Å². The molecule has 2 aromatic rings. The molecular weight excluding hydrogens is 426 g/mol. The number of ether oxygens (including phenoxy) is 2. The number of pyridine rings is 1. The van der Waals surface area contributed by atoms with Crippen LogP contribution in [0.25, 0.3) is 11.4 Å². The van der Waals surface area contributed by atoms with E-state index in [1.54, 1.807) is 35.8 Å². The Hall–Kier alpha value is -3.61. The van der Waals surface area contributed by atoms with Crippen LogP contribution in [0.1, 0.15) is 50.3 Å². The number of unbranched alkanes of at least 4 members (excludes halogenated alkanes) is 1. The van der Waals surface area contributed by atoms with Crippen molar-refractivity contribution in [1.82, 2.24) is 24.9 Å². The first kappa shape index (κ1) is 24.0. The molecule has 2 aromatic heterocycles. The molecule has 1 aliphatic carbocycles. The summed E-state index contributed by atoms with van der Waals surface area (Å²) in [5.74, 6) is 5.56. The van der Waals surface area contributed by atoms with Crippen LogP contribution in [0.15, 0.2) is 12.1 Å². The first-order valence-electron chi connectivity index (χ1n) is 10.9. The smallest absolute Gasteiger partial charge is 0.409 e. The second-order valence-corrected chi connectivity index (χ2v) is 8.19. The number of carbonyl (C=O) groups is 2. The molecule has 0 unspecified atom stereocenters. The van der Waals surface area contributed by atoms with E-state index in [-0.39, 0.29) is 13.0 Å². The van der Waals surface area contributed by atoms with Gasteiger partial charge in [-0.1, -0.05) is 30.4 Å². The number of hydrogen-bond acceptors (Lipinski definition) is 7. The molecule has 0 spiro atoms. The van der Waals surface area contributed by atoms with E-state index in [0.717, 1.165) is 25.7 Å². The van der Waals surface area contributed by atoms with Crippen LogP contribution in [-0.4, -0.2) is 62.7 Å². The van der Waals surface area contributed by atoms with Crippen molar-refractivity contribution in [2.75, 3.05) is 20.7 Å². The van der Waals surface area contributed by atoms with Crippen molar-refractivity contribution in [2.24, 2.45) is 12.5 Å². The van der Waals surface area contributed by atoms with Crippen molar-refractivity contribution in [2.45, 2.75) is 45.6 Å². The Balaban J connectivity index is 1.78. The van der Waals surface area contributed by atoms with Crippen molar-refractivity contribution < 1.29 is 24.2 Å². The fraction of sp³-hybridized carbons (Fsp3) is 0.522. The van der Waals surface area contributed by atoms with Gasteiger partial charge in [0.2, 0.25) is 5.88 Å². The Bertz CT molecular complexity index is 1080. The molecule has 2 heterocycles. The highest BCUT2D eigenvalue weighted by molar-refractivity contribution is 5.69. The lowest BCUT2D eigenvalue weighted by molar-refractivity contribution is -0.137. The Morgan fingerprint density at radius 1 is 1.33 bits per heavy atom. The predicted molar refractivity (Wildman–Crippen MR) is 119 cm³/mol. The highest BCUT2D eigenvalue weighted by Crippen LogP contribution is 2.48. The van der Waals surface area contributed by atoms with Crippen molar-refractivity contribution in [3.63, 3.8) is 0 Å². The first-order valence-corrected chi connectivity index (χ1v) is 10.9. The zero-order chi connectivity index (χ0) is 24.0. The van der Waals surface area contributed by atoms with Gasteiger partial charge in [-0.2, -0.15) is 0 Å². The Morgan fingerprint density at radius 3 is 2.73 bits per heavy atom. The summed E-state index contributed by atoms with van der Waals surface area (Å²) in [7, 11) is 4.91. The largest absolute Gasteiger partial charge is 0.481 e. The summed E-state index contributed by atoms with van der Waals surface area (Å²) in [6.07, 6.45) is 3.05. The van der Waals surface area contributed by atoms with E-state index in [1.165, 1.54) is 7.11 Å². The first-order chi connectivity index (χ1) is 15.8. The van der Waals surface area contributed by atoms with Crippen LogP contribution in [0.2, 0.25) is 0 Å². The SMILES string of the molecule is CCCCN(C)C(=O)OCc1c(-c2ccc(C#CC3(CC(=O)O)CC3)c(OC)n2)nnn1C. The van der Waals surface area contributed by atoms with Crippen LogP contribution >= 0.6 is 0 Å². The Morgan fingerprint density at radius 2 is 2.09 bits per heavy atom. The van der Waals surface area contributed by atoms with E-state index in [0.29, 0.717) is 35.1 Å². The predicted octanol–water partition coefficient (Wildman–Crippen LogP) is 2.86. The summed E-state index contributed by atoms with van der Waals surface area (Å²) in [6, 6.07) is 3.50. The van der Waals surface area contributed by atoms with Crippen LogP contribution < -0.4 is 4.74 Å². The standard InChI is InChI=1S/C23H29N5O5/c1-5-6-13-27(2)22(31)33-15-18-20(25-26-28(18)3)17-8-7-16(21(24-17)32-4)9-10-23(11-12-23)14-19(29)30/h7-8H,5-6,11-15H2,1-4H3,(H,29,30). The molecule has 33 heavy (non-hydrogen) atoms. The third kappa shape index (κ3) is 6.00.